The van der Waals surface area contributed by atoms with Gasteiger partial charge in [-0.05, 0) is 57.6 Å². The fourth-order valence-corrected chi connectivity index (χ4v) is 4.93. The topological polar surface area (TPSA) is 0 Å². The summed E-state index contributed by atoms with van der Waals surface area (Å²) in [6.45, 7) is 0. The van der Waals surface area contributed by atoms with Crippen LogP contribution in [0.2, 0.25) is 0 Å². The quantitative estimate of drug-likeness (QED) is 0.272. The van der Waals surface area contributed by atoms with Crippen molar-refractivity contribution in [2.75, 3.05) is 0 Å². The van der Waals surface area contributed by atoms with Crippen LogP contribution in [0.3, 0.4) is 0 Å². The van der Waals surface area contributed by atoms with Crippen LogP contribution in [0.25, 0.3) is 30.9 Å². The Bertz CT molecular complexity index is 940. The van der Waals surface area contributed by atoms with Gasteiger partial charge in [0.2, 0.25) is 0 Å². The zero-order chi connectivity index (χ0) is 13.0. The number of benzene rings is 3. The average molecular weight is 439 g/mol. The fourth-order valence-electron chi connectivity index (χ4n) is 2.57. The van der Waals surface area contributed by atoms with Gasteiger partial charge in [-0.3, -0.25) is 0 Å². The first-order chi connectivity index (χ1) is 9.24. The molecule has 0 aliphatic carbocycles. The van der Waals surface area contributed by atoms with Gasteiger partial charge in [-0.1, -0.05) is 40.2 Å². The SMILES string of the molecule is Brc1cc2sc3ccc(I)cc3c2c2ccccc12. The van der Waals surface area contributed by atoms with Gasteiger partial charge in [-0.2, -0.15) is 0 Å². The fraction of sp³-hybridized carbons (Fsp3) is 0. The summed E-state index contributed by atoms with van der Waals surface area (Å²) < 4.78 is 5.18. The second-order valence-corrected chi connectivity index (χ2v) is 7.70. The summed E-state index contributed by atoms with van der Waals surface area (Å²) in [6, 6.07) is 17.5. The first-order valence-electron chi connectivity index (χ1n) is 5.93. The summed E-state index contributed by atoms with van der Waals surface area (Å²) in [5.41, 5.74) is 0. The minimum Gasteiger partial charge on any atom is -0.135 e. The van der Waals surface area contributed by atoms with Crippen LogP contribution in [-0.2, 0) is 0 Å². The molecule has 0 saturated heterocycles. The zero-order valence-corrected chi connectivity index (χ0v) is 14.3. The molecule has 0 bridgehead atoms. The van der Waals surface area contributed by atoms with E-state index >= 15 is 0 Å². The summed E-state index contributed by atoms with van der Waals surface area (Å²) in [5, 5.41) is 5.38. The van der Waals surface area contributed by atoms with E-state index in [2.05, 4.69) is 87.1 Å². The van der Waals surface area contributed by atoms with Crippen LogP contribution >= 0.6 is 49.9 Å². The Morgan fingerprint density at radius 1 is 0.842 bits per heavy atom. The molecule has 0 radical (unpaired) electrons. The van der Waals surface area contributed by atoms with E-state index in [4.69, 9.17) is 0 Å². The molecule has 3 heteroatoms. The van der Waals surface area contributed by atoms with Crippen molar-refractivity contribution in [1.82, 2.24) is 0 Å². The number of hydrogen-bond acceptors (Lipinski definition) is 1. The molecular weight excluding hydrogens is 431 g/mol. The summed E-state index contributed by atoms with van der Waals surface area (Å²) in [7, 11) is 0. The first kappa shape index (κ1) is 12.1. The lowest BCUT2D eigenvalue weighted by Crippen LogP contribution is -1.76. The molecule has 92 valence electrons. The molecule has 0 amide bonds. The van der Waals surface area contributed by atoms with Crippen LogP contribution in [0.4, 0.5) is 0 Å². The third-order valence-electron chi connectivity index (χ3n) is 3.39. The second kappa shape index (κ2) is 4.43. The van der Waals surface area contributed by atoms with Gasteiger partial charge in [0.25, 0.3) is 0 Å². The molecule has 4 aromatic rings. The molecular formula is C16H8BrIS. The lowest BCUT2D eigenvalue weighted by Gasteiger charge is -2.03. The van der Waals surface area contributed by atoms with E-state index in [1.165, 1.54) is 39.0 Å². The molecule has 0 aliphatic rings. The van der Waals surface area contributed by atoms with E-state index in [1.54, 1.807) is 0 Å². The van der Waals surface area contributed by atoms with Crippen molar-refractivity contribution in [1.29, 1.82) is 0 Å². The minimum atomic E-state index is 1.18. The number of halogens is 2. The highest BCUT2D eigenvalue weighted by Crippen LogP contribution is 2.41. The molecule has 0 unspecified atom stereocenters. The van der Waals surface area contributed by atoms with Crippen molar-refractivity contribution in [3.05, 3.63) is 56.6 Å². The van der Waals surface area contributed by atoms with Crippen LogP contribution in [0, 0.1) is 3.57 Å². The number of rotatable bonds is 0. The van der Waals surface area contributed by atoms with Crippen LogP contribution in [0.5, 0.6) is 0 Å². The van der Waals surface area contributed by atoms with Gasteiger partial charge in [0, 0.05) is 28.2 Å². The van der Waals surface area contributed by atoms with Gasteiger partial charge in [-0.15, -0.1) is 11.3 Å². The Kier molecular flexibility index (Phi) is 2.83. The normalized spacial score (nSPS) is 11.7. The Labute approximate surface area is 136 Å². The van der Waals surface area contributed by atoms with E-state index in [9.17, 15) is 0 Å². The molecule has 0 fully saturated rings. The third kappa shape index (κ3) is 1.82. The van der Waals surface area contributed by atoms with Crippen LogP contribution in [-0.4, -0.2) is 0 Å². The maximum atomic E-state index is 3.69. The van der Waals surface area contributed by atoms with E-state index in [0.29, 0.717) is 0 Å². The molecule has 3 aromatic carbocycles. The predicted octanol–water partition coefficient (Wildman–Crippen LogP) is 6.57. The summed E-state index contributed by atoms with van der Waals surface area (Å²) in [5.74, 6) is 0. The van der Waals surface area contributed by atoms with Gasteiger partial charge < -0.3 is 0 Å². The van der Waals surface area contributed by atoms with Gasteiger partial charge in [-0.25, -0.2) is 0 Å². The molecule has 4 rings (SSSR count). The van der Waals surface area contributed by atoms with Crippen molar-refractivity contribution >= 4 is 80.8 Å². The smallest absolute Gasteiger partial charge is 0.0373 e. The number of hydrogen-bond donors (Lipinski definition) is 0. The van der Waals surface area contributed by atoms with Crippen molar-refractivity contribution in [2.45, 2.75) is 0 Å². The van der Waals surface area contributed by atoms with Crippen molar-refractivity contribution in [3.63, 3.8) is 0 Å². The lowest BCUT2D eigenvalue weighted by atomic mass is 10.0. The highest BCUT2D eigenvalue weighted by atomic mass is 127. The molecule has 19 heavy (non-hydrogen) atoms. The maximum Gasteiger partial charge on any atom is 0.0373 e. The molecule has 0 saturated carbocycles. The van der Waals surface area contributed by atoms with Crippen molar-refractivity contribution in [3.8, 4) is 0 Å². The van der Waals surface area contributed by atoms with E-state index in [1.807, 2.05) is 11.3 Å². The van der Waals surface area contributed by atoms with Crippen LogP contribution in [0.15, 0.2) is 53.0 Å². The summed E-state index contributed by atoms with van der Waals surface area (Å²) >= 11 is 7.94. The Morgan fingerprint density at radius 2 is 1.63 bits per heavy atom. The van der Waals surface area contributed by atoms with Crippen molar-refractivity contribution < 1.29 is 0 Å². The molecule has 0 aliphatic heterocycles. The Hall–Kier alpha value is -0.650. The molecule has 1 heterocycles. The molecule has 1 aromatic heterocycles. The highest BCUT2D eigenvalue weighted by Gasteiger charge is 2.11. The van der Waals surface area contributed by atoms with Gasteiger partial charge in [0.05, 0.1) is 0 Å². The van der Waals surface area contributed by atoms with Gasteiger partial charge in [0.15, 0.2) is 0 Å². The standard InChI is InChI=1S/C16H8BrIS/c17-13-8-15-16(11-4-2-1-3-10(11)13)12-7-9(18)5-6-14(12)19-15/h1-8H. The third-order valence-corrected chi connectivity index (χ3v) is 5.83. The van der Waals surface area contributed by atoms with Gasteiger partial charge >= 0.3 is 0 Å². The van der Waals surface area contributed by atoms with Crippen LogP contribution in [0.1, 0.15) is 0 Å². The van der Waals surface area contributed by atoms with Crippen molar-refractivity contribution in [2.24, 2.45) is 0 Å². The average Bonchev–Trinajstić information content (AvgIpc) is 2.76. The summed E-state index contributed by atoms with van der Waals surface area (Å²) in [6.07, 6.45) is 0. The maximum absolute atomic E-state index is 3.69. The highest BCUT2D eigenvalue weighted by molar-refractivity contribution is 14.1. The molecule has 0 spiro atoms. The van der Waals surface area contributed by atoms with E-state index in [0.717, 1.165) is 0 Å². The van der Waals surface area contributed by atoms with E-state index < -0.39 is 0 Å². The second-order valence-electron chi connectivity index (χ2n) is 4.52. The lowest BCUT2D eigenvalue weighted by molar-refractivity contribution is 1.76. The van der Waals surface area contributed by atoms with Crippen LogP contribution < -0.4 is 0 Å². The Balaban J connectivity index is 2.36. The molecule has 0 nitrogen and oxygen atoms in total. The number of fused-ring (bicyclic) bond motifs is 5. The monoisotopic (exact) mass is 438 g/mol. The predicted molar refractivity (Wildman–Crippen MR) is 97.3 cm³/mol. The first-order valence-corrected chi connectivity index (χ1v) is 8.62. The minimum absolute atomic E-state index is 1.18. The van der Waals surface area contributed by atoms with Gasteiger partial charge in [0.1, 0.15) is 0 Å². The number of thiophene rings is 1. The molecule has 0 N–H and O–H groups in total. The summed E-state index contributed by atoms with van der Waals surface area (Å²) in [4.78, 5) is 0. The van der Waals surface area contributed by atoms with E-state index in [-0.39, 0.29) is 0 Å². The Morgan fingerprint density at radius 3 is 2.47 bits per heavy atom. The molecule has 0 atom stereocenters. The zero-order valence-electron chi connectivity index (χ0n) is 9.78. The largest absolute Gasteiger partial charge is 0.135 e.